The normalized spacial score (nSPS) is 15.6. The highest BCUT2D eigenvalue weighted by Crippen LogP contribution is 2.38. The van der Waals surface area contributed by atoms with Crippen molar-refractivity contribution < 1.29 is 28.2 Å². The van der Waals surface area contributed by atoms with Crippen LogP contribution in [0.1, 0.15) is 19.4 Å². The highest BCUT2D eigenvalue weighted by molar-refractivity contribution is 9.10. The summed E-state index contributed by atoms with van der Waals surface area (Å²) in [5, 5.41) is 2.06. The van der Waals surface area contributed by atoms with Gasteiger partial charge in [0.2, 0.25) is 0 Å². The monoisotopic (exact) mass is 476 g/mol. The maximum Gasteiger partial charge on any atom is 0.336 e. The molecule has 0 aromatic heterocycles. The maximum absolute atomic E-state index is 14.2. The fourth-order valence-electron chi connectivity index (χ4n) is 2.85. The molecule has 156 valence electrons. The largest absolute Gasteiger partial charge is 0.493 e. The highest BCUT2D eigenvalue weighted by Gasteiger charge is 2.38. The van der Waals surface area contributed by atoms with Crippen LogP contribution in [-0.4, -0.2) is 31.1 Å². The number of methoxy groups -OCH3 is 1. The van der Waals surface area contributed by atoms with Gasteiger partial charge in [-0.1, -0.05) is 12.1 Å². The summed E-state index contributed by atoms with van der Waals surface area (Å²) in [6.07, 6.45) is 1.19. The minimum Gasteiger partial charge on any atom is -0.493 e. The molecule has 0 unspecified atom stereocenters. The van der Waals surface area contributed by atoms with Gasteiger partial charge >= 0.3 is 6.03 Å². The van der Waals surface area contributed by atoms with E-state index in [9.17, 15) is 18.8 Å². The van der Waals surface area contributed by atoms with Crippen LogP contribution in [0.25, 0.3) is 6.08 Å². The van der Waals surface area contributed by atoms with Gasteiger partial charge in [0.15, 0.2) is 11.5 Å². The first-order valence-corrected chi connectivity index (χ1v) is 9.72. The zero-order chi connectivity index (χ0) is 22.0. The van der Waals surface area contributed by atoms with E-state index >= 15 is 0 Å². The van der Waals surface area contributed by atoms with E-state index in [0.29, 0.717) is 26.4 Å². The number of carbonyl (C=O) groups is 3. The van der Waals surface area contributed by atoms with Crippen molar-refractivity contribution >= 4 is 45.5 Å². The first-order chi connectivity index (χ1) is 14.2. The lowest BCUT2D eigenvalue weighted by atomic mass is 10.1. The minimum atomic E-state index is -1.02. The number of urea groups is 1. The van der Waals surface area contributed by atoms with Gasteiger partial charge in [0, 0.05) is 0 Å². The Morgan fingerprint density at radius 2 is 1.87 bits per heavy atom. The molecule has 1 heterocycles. The third kappa shape index (κ3) is 4.20. The van der Waals surface area contributed by atoms with Crippen LogP contribution in [0, 0.1) is 5.82 Å². The maximum atomic E-state index is 14.2. The first-order valence-electron chi connectivity index (χ1n) is 8.93. The van der Waals surface area contributed by atoms with E-state index in [1.165, 1.54) is 31.4 Å². The Labute approximate surface area is 180 Å². The van der Waals surface area contributed by atoms with Gasteiger partial charge in [-0.2, -0.15) is 0 Å². The second-order valence-electron chi connectivity index (χ2n) is 6.61. The van der Waals surface area contributed by atoms with E-state index in [1.54, 1.807) is 12.1 Å². The molecule has 4 amide bonds. The predicted octanol–water partition coefficient (Wildman–Crippen LogP) is 4.05. The number of anilines is 1. The molecule has 30 heavy (non-hydrogen) atoms. The number of barbiturate groups is 1. The van der Waals surface area contributed by atoms with Gasteiger partial charge in [-0.3, -0.25) is 14.9 Å². The van der Waals surface area contributed by atoms with Crippen LogP contribution in [-0.2, 0) is 9.59 Å². The van der Waals surface area contributed by atoms with Gasteiger partial charge in [-0.25, -0.2) is 14.1 Å². The van der Waals surface area contributed by atoms with Crippen LogP contribution in [0.5, 0.6) is 11.5 Å². The smallest absolute Gasteiger partial charge is 0.336 e. The number of carbonyl (C=O) groups excluding carboxylic acids is 3. The van der Waals surface area contributed by atoms with E-state index in [-0.39, 0.29) is 17.4 Å². The summed E-state index contributed by atoms with van der Waals surface area (Å²) in [5.74, 6) is -1.73. The summed E-state index contributed by atoms with van der Waals surface area (Å²) in [7, 11) is 1.46. The number of para-hydroxylation sites is 1. The molecule has 1 aliphatic rings. The van der Waals surface area contributed by atoms with E-state index in [2.05, 4.69) is 21.2 Å². The fourth-order valence-corrected chi connectivity index (χ4v) is 3.40. The van der Waals surface area contributed by atoms with Crippen molar-refractivity contribution in [2.75, 3.05) is 12.0 Å². The predicted molar refractivity (Wildman–Crippen MR) is 112 cm³/mol. The molecule has 1 fully saturated rings. The molecule has 9 heteroatoms. The summed E-state index contributed by atoms with van der Waals surface area (Å²) in [5.41, 5.74) is -0.140. The third-order valence-corrected chi connectivity index (χ3v) is 4.70. The van der Waals surface area contributed by atoms with Gasteiger partial charge in [-0.05, 0) is 65.7 Å². The quantitative estimate of drug-likeness (QED) is 0.519. The van der Waals surface area contributed by atoms with Crippen molar-refractivity contribution in [2.24, 2.45) is 0 Å². The summed E-state index contributed by atoms with van der Waals surface area (Å²) in [6, 6.07) is 7.50. The molecule has 0 saturated carbocycles. The Kier molecular flexibility index (Phi) is 6.21. The number of amides is 4. The molecule has 1 N–H and O–H groups in total. The average molecular weight is 477 g/mol. The van der Waals surface area contributed by atoms with Gasteiger partial charge in [0.05, 0.1) is 23.4 Å². The van der Waals surface area contributed by atoms with Crippen LogP contribution in [0.15, 0.2) is 46.4 Å². The number of nitrogens with one attached hydrogen (secondary N) is 1. The van der Waals surface area contributed by atoms with Crippen molar-refractivity contribution in [3.05, 3.63) is 57.8 Å². The molecule has 2 aromatic rings. The molecule has 3 rings (SSSR count). The van der Waals surface area contributed by atoms with Crippen LogP contribution >= 0.6 is 15.9 Å². The van der Waals surface area contributed by atoms with Crippen molar-refractivity contribution in [3.63, 3.8) is 0 Å². The average Bonchev–Trinajstić information content (AvgIpc) is 2.68. The van der Waals surface area contributed by atoms with E-state index in [0.717, 1.165) is 6.07 Å². The van der Waals surface area contributed by atoms with Crippen LogP contribution < -0.4 is 19.7 Å². The van der Waals surface area contributed by atoms with E-state index in [4.69, 9.17) is 9.47 Å². The Hall–Kier alpha value is -3.20. The zero-order valence-corrected chi connectivity index (χ0v) is 17.9. The van der Waals surface area contributed by atoms with Gasteiger partial charge in [-0.15, -0.1) is 0 Å². The lowest BCUT2D eigenvalue weighted by Gasteiger charge is -2.26. The second kappa shape index (κ2) is 8.66. The molecule has 0 bridgehead atoms. The number of rotatable bonds is 5. The van der Waals surface area contributed by atoms with E-state index in [1.807, 2.05) is 13.8 Å². The van der Waals surface area contributed by atoms with Gasteiger partial charge < -0.3 is 9.47 Å². The molecule has 0 aliphatic carbocycles. The van der Waals surface area contributed by atoms with Crippen molar-refractivity contribution in [1.82, 2.24) is 5.32 Å². The molecule has 0 atom stereocenters. The molecule has 1 saturated heterocycles. The Morgan fingerprint density at radius 3 is 2.50 bits per heavy atom. The highest BCUT2D eigenvalue weighted by atomic mass is 79.9. The van der Waals surface area contributed by atoms with Gasteiger partial charge in [0.1, 0.15) is 11.4 Å². The standard InChI is InChI=1S/C21H18BrFN2O5/c1-11(2)30-18-14(22)9-12(10-17(18)29-3)8-13-19(26)24-21(28)25(20(13)27)16-7-5-4-6-15(16)23/h4-11H,1-3H3,(H,24,26,28)/b13-8-. The molecule has 0 spiro atoms. The Morgan fingerprint density at radius 1 is 1.17 bits per heavy atom. The molecular formula is C21H18BrFN2O5. The summed E-state index contributed by atoms with van der Waals surface area (Å²) < 4.78 is 25.8. The second-order valence-corrected chi connectivity index (χ2v) is 7.46. The first kappa shape index (κ1) is 21.5. The number of nitrogens with zero attached hydrogens (tertiary/aromatic N) is 1. The fraction of sp³-hybridized carbons (Fsp3) is 0.190. The molecule has 0 radical (unpaired) electrons. The molecular weight excluding hydrogens is 459 g/mol. The number of hydrogen-bond donors (Lipinski definition) is 1. The van der Waals surface area contributed by atoms with Crippen LogP contribution in [0.4, 0.5) is 14.9 Å². The number of hydrogen-bond acceptors (Lipinski definition) is 5. The van der Waals surface area contributed by atoms with E-state index < -0.39 is 23.7 Å². The third-order valence-electron chi connectivity index (χ3n) is 4.11. The van der Waals surface area contributed by atoms with Gasteiger partial charge in [0.25, 0.3) is 11.8 Å². The summed E-state index contributed by atoms with van der Waals surface area (Å²) in [4.78, 5) is 38.0. The minimum absolute atomic E-state index is 0.106. The molecule has 1 aliphatic heterocycles. The number of benzene rings is 2. The van der Waals surface area contributed by atoms with Crippen molar-refractivity contribution in [2.45, 2.75) is 20.0 Å². The lowest BCUT2D eigenvalue weighted by Crippen LogP contribution is -2.54. The van der Waals surface area contributed by atoms with Crippen molar-refractivity contribution in [1.29, 1.82) is 0 Å². The summed E-state index contributed by atoms with van der Waals surface area (Å²) in [6.45, 7) is 3.72. The summed E-state index contributed by atoms with van der Waals surface area (Å²) >= 11 is 3.40. The molecule has 7 nitrogen and oxygen atoms in total. The zero-order valence-electron chi connectivity index (χ0n) is 16.4. The number of imide groups is 2. The van der Waals surface area contributed by atoms with Crippen LogP contribution in [0.3, 0.4) is 0 Å². The molecule has 2 aromatic carbocycles. The van der Waals surface area contributed by atoms with Crippen LogP contribution in [0.2, 0.25) is 0 Å². The lowest BCUT2D eigenvalue weighted by molar-refractivity contribution is -0.122. The topological polar surface area (TPSA) is 84.9 Å². The Bertz CT molecular complexity index is 1070. The number of halogens is 2. The van der Waals surface area contributed by atoms with Crippen molar-refractivity contribution in [3.8, 4) is 11.5 Å². The number of ether oxygens (including phenoxy) is 2. The SMILES string of the molecule is COc1cc(/C=C2/C(=O)NC(=O)N(c3ccccc3F)C2=O)cc(Br)c1OC(C)C. The Balaban J connectivity index is 2.05.